The molecule has 0 aromatic heterocycles. The van der Waals surface area contributed by atoms with Crippen LogP contribution in [0.2, 0.25) is 0 Å². The maximum Gasteiger partial charge on any atom is 0.161 e. The first-order chi connectivity index (χ1) is 5.52. The number of Topliss-reactive ketones (excluding diaryl/α,β-unsaturated/α-hetero) is 1. The van der Waals surface area contributed by atoms with Crippen molar-refractivity contribution < 1.29 is 4.79 Å². The quantitative estimate of drug-likeness (QED) is 0.509. The Labute approximate surface area is 72.4 Å². The number of rotatable bonds is 1. The second kappa shape index (κ2) is 2.97. The van der Waals surface area contributed by atoms with Crippen molar-refractivity contribution >= 4 is 11.5 Å². The number of nitrogen functional groups attached to an aromatic ring is 1. The maximum absolute atomic E-state index is 11.1. The summed E-state index contributed by atoms with van der Waals surface area (Å²) in [4.78, 5) is 11.1. The highest BCUT2D eigenvalue weighted by Crippen LogP contribution is 2.19. The molecule has 2 nitrogen and oxygen atoms in total. The van der Waals surface area contributed by atoms with Gasteiger partial charge < -0.3 is 5.73 Å². The predicted molar refractivity (Wildman–Crippen MR) is 50.3 cm³/mol. The number of hydrogen-bond donors (Lipinski definition) is 1. The fourth-order valence-corrected chi connectivity index (χ4v) is 1.27. The second-order valence-electron chi connectivity index (χ2n) is 3.10. The lowest BCUT2D eigenvalue weighted by Gasteiger charge is -2.06. The van der Waals surface area contributed by atoms with Gasteiger partial charge in [0.2, 0.25) is 0 Å². The molecule has 0 aliphatic rings. The minimum absolute atomic E-state index is 0.0271. The molecule has 0 bridgehead atoms. The minimum atomic E-state index is 0.0271. The standard InChI is InChI=1S/C10H13NO/c1-6-4-7(2)10(11)9(5-6)8(3)12/h4-5H,11H2,1-3H3. The van der Waals surface area contributed by atoms with E-state index in [0.29, 0.717) is 11.3 Å². The van der Waals surface area contributed by atoms with Gasteiger partial charge in [0, 0.05) is 11.3 Å². The summed E-state index contributed by atoms with van der Waals surface area (Å²) >= 11 is 0. The molecule has 1 aromatic carbocycles. The molecule has 0 unspecified atom stereocenters. The smallest absolute Gasteiger partial charge is 0.161 e. The average molecular weight is 163 g/mol. The van der Waals surface area contributed by atoms with Crippen molar-refractivity contribution in [1.82, 2.24) is 0 Å². The van der Waals surface area contributed by atoms with Gasteiger partial charge in [0.15, 0.2) is 5.78 Å². The molecule has 0 saturated heterocycles. The highest BCUT2D eigenvalue weighted by Gasteiger charge is 2.06. The molecular formula is C10H13NO. The molecule has 0 saturated carbocycles. The third-order valence-electron chi connectivity index (χ3n) is 1.91. The first kappa shape index (κ1) is 8.78. The number of nitrogens with two attached hydrogens (primary N) is 1. The van der Waals surface area contributed by atoms with Crippen LogP contribution in [0.3, 0.4) is 0 Å². The lowest BCUT2D eigenvalue weighted by Crippen LogP contribution is -2.02. The van der Waals surface area contributed by atoms with Gasteiger partial charge in [-0.1, -0.05) is 6.07 Å². The summed E-state index contributed by atoms with van der Waals surface area (Å²) in [6.45, 7) is 5.40. The Kier molecular flexibility index (Phi) is 2.18. The lowest BCUT2D eigenvalue weighted by molar-refractivity contribution is 0.101. The Bertz CT molecular complexity index is 329. The average Bonchev–Trinajstić information content (AvgIpc) is 1.96. The van der Waals surface area contributed by atoms with E-state index >= 15 is 0 Å². The van der Waals surface area contributed by atoms with Crippen LogP contribution in [0.5, 0.6) is 0 Å². The van der Waals surface area contributed by atoms with Gasteiger partial charge in [-0.15, -0.1) is 0 Å². The van der Waals surface area contributed by atoms with Gasteiger partial charge in [0.1, 0.15) is 0 Å². The van der Waals surface area contributed by atoms with E-state index in [2.05, 4.69) is 0 Å². The van der Waals surface area contributed by atoms with Crippen LogP contribution in [0.25, 0.3) is 0 Å². The van der Waals surface area contributed by atoms with Crippen LogP contribution in [0, 0.1) is 13.8 Å². The van der Waals surface area contributed by atoms with Crippen molar-refractivity contribution in [2.75, 3.05) is 5.73 Å². The summed E-state index contributed by atoms with van der Waals surface area (Å²) in [5.41, 5.74) is 9.02. The van der Waals surface area contributed by atoms with Crippen LogP contribution in [0.15, 0.2) is 12.1 Å². The molecule has 0 fully saturated rings. The molecule has 2 N–H and O–H groups in total. The molecule has 2 heteroatoms. The van der Waals surface area contributed by atoms with Gasteiger partial charge in [0.05, 0.1) is 0 Å². The van der Waals surface area contributed by atoms with E-state index in [1.807, 2.05) is 26.0 Å². The highest BCUT2D eigenvalue weighted by atomic mass is 16.1. The molecule has 0 amide bonds. The fraction of sp³-hybridized carbons (Fsp3) is 0.300. The molecule has 0 aliphatic heterocycles. The lowest BCUT2D eigenvalue weighted by atomic mass is 10.0. The van der Waals surface area contributed by atoms with Crippen LogP contribution in [0.4, 0.5) is 5.69 Å². The minimum Gasteiger partial charge on any atom is -0.398 e. The van der Waals surface area contributed by atoms with E-state index in [1.54, 1.807) is 0 Å². The van der Waals surface area contributed by atoms with Crippen molar-refractivity contribution in [2.24, 2.45) is 0 Å². The summed E-state index contributed by atoms with van der Waals surface area (Å²) in [6, 6.07) is 3.80. The molecular weight excluding hydrogens is 150 g/mol. The first-order valence-electron chi connectivity index (χ1n) is 3.90. The van der Waals surface area contributed by atoms with Crippen LogP contribution in [-0.2, 0) is 0 Å². The number of hydrogen-bond acceptors (Lipinski definition) is 2. The SMILES string of the molecule is CC(=O)c1cc(C)cc(C)c1N. The Balaban J connectivity index is 3.37. The monoisotopic (exact) mass is 163 g/mol. The number of ketones is 1. The second-order valence-corrected chi connectivity index (χ2v) is 3.10. The van der Waals surface area contributed by atoms with E-state index in [-0.39, 0.29) is 5.78 Å². The number of benzene rings is 1. The van der Waals surface area contributed by atoms with Crippen LogP contribution >= 0.6 is 0 Å². The number of carbonyl (C=O) groups is 1. The summed E-state index contributed by atoms with van der Waals surface area (Å²) in [6.07, 6.45) is 0. The van der Waals surface area contributed by atoms with Gasteiger partial charge in [-0.25, -0.2) is 0 Å². The third-order valence-corrected chi connectivity index (χ3v) is 1.91. The number of aryl methyl sites for hydroxylation is 2. The van der Waals surface area contributed by atoms with Crippen molar-refractivity contribution in [1.29, 1.82) is 0 Å². The van der Waals surface area contributed by atoms with Gasteiger partial charge in [-0.2, -0.15) is 0 Å². The molecule has 0 radical (unpaired) electrons. The van der Waals surface area contributed by atoms with Gasteiger partial charge in [0.25, 0.3) is 0 Å². The van der Waals surface area contributed by atoms with Crippen molar-refractivity contribution in [3.05, 3.63) is 28.8 Å². The third kappa shape index (κ3) is 1.47. The van der Waals surface area contributed by atoms with Gasteiger partial charge >= 0.3 is 0 Å². The summed E-state index contributed by atoms with van der Waals surface area (Å²) < 4.78 is 0. The zero-order valence-electron chi connectivity index (χ0n) is 7.64. The van der Waals surface area contributed by atoms with E-state index in [9.17, 15) is 4.79 Å². The number of carbonyl (C=O) groups excluding carboxylic acids is 1. The zero-order valence-corrected chi connectivity index (χ0v) is 7.64. The fourth-order valence-electron chi connectivity index (χ4n) is 1.27. The normalized spacial score (nSPS) is 9.92. The molecule has 64 valence electrons. The van der Waals surface area contributed by atoms with Gasteiger partial charge in [-0.05, 0) is 38.0 Å². The molecule has 1 aromatic rings. The molecule has 0 aliphatic carbocycles. The van der Waals surface area contributed by atoms with Crippen LogP contribution < -0.4 is 5.73 Å². The van der Waals surface area contributed by atoms with E-state index < -0.39 is 0 Å². The van der Waals surface area contributed by atoms with Gasteiger partial charge in [-0.3, -0.25) is 4.79 Å². The topological polar surface area (TPSA) is 43.1 Å². The van der Waals surface area contributed by atoms with E-state index in [0.717, 1.165) is 11.1 Å². The Morgan fingerprint density at radius 1 is 1.33 bits per heavy atom. The van der Waals surface area contributed by atoms with Crippen molar-refractivity contribution in [2.45, 2.75) is 20.8 Å². The summed E-state index contributed by atoms with van der Waals surface area (Å²) in [5, 5.41) is 0. The maximum atomic E-state index is 11.1. The van der Waals surface area contributed by atoms with Crippen molar-refractivity contribution in [3.63, 3.8) is 0 Å². The Morgan fingerprint density at radius 2 is 1.92 bits per heavy atom. The first-order valence-corrected chi connectivity index (χ1v) is 3.90. The molecule has 1 rings (SSSR count). The summed E-state index contributed by atoms with van der Waals surface area (Å²) in [7, 11) is 0. The number of anilines is 1. The molecule has 0 atom stereocenters. The van der Waals surface area contributed by atoms with Crippen molar-refractivity contribution in [3.8, 4) is 0 Å². The zero-order chi connectivity index (χ0) is 9.30. The van der Waals surface area contributed by atoms with Crippen LogP contribution in [-0.4, -0.2) is 5.78 Å². The predicted octanol–water partition coefficient (Wildman–Crippen LogP) is 2.09. The largest absolute Gasteiger partial charge is 0.398 e. The molecule has 12 heavy (non-hydrogen) atoms. The van der Waals surface area contributed by atoms with E-state index in [1.165, 1.54) is 6.92 Å². The molecule has 0 spiro atoms. The van der Waals surface area contributed by atoms with Crippen LogP contribution in [0.1, 0.15) is 28.4 Å². The summed E-state index contributed by atoms with van der Waals surface area (Å²) in [5.74, 6) is 0.0271. The van der Waals surface area contributed by atoms with E-state index in [4.69, 9.17) is 5.73 Å². The highest BCUT2D eigenvalue weighted by molar-refractivity contribution is 5.99. The Hall–Kier alpha value is -1.31. The Morgan fingerprint density at radius 3 is 2.42 bits per heavy atom. The molecule has 0 heterocycles.